The van der Waals surface area contributed by atoms with E-state index in [9.17, 15) is 14.0 Å². The molecule has 0 saturated carbocycles. The monoisotopic (exact) mass is 408 g/mol. The van der Waals surface area contributed by atoms with Gasteiger partial charge in [-0.25, -0.2) is 4.39 Å². The van der Waals surface area contributed by atoms with Crippen molar-refractivity contribution in [1.29, 1.82) is 0 Å². The molecule has 0 aromatic heterocycles. The molecule has 1 heterocycles. The van der Waals surface area contributed by atoms with Crippen LogP contribution in [0.25, 0.3) is 0 Å². The highest BCUT2D eigenvalue weighted by atomic mass is 32.2. The standard InChI is InChI=1S/C22H33FN2O2S/c1-5-8-9-10-15-22(18(24)26,16-11-13-17(23)14-12-16)25-19(27)21(6-2,7-3)20(25)28-4/h11-14,20H,5-10,15H2,1-4H3,(H2,24,26). The Morgan fingerprint density at radius 3 is 2.25 bits per heavy atom. The van der Waals surface area contributed by atoms with E-state index in [-0.39, 0.29) is 17.1 Å². The molecule has 2 rings (SSSR count). The number of β-lactam (4-membered cyclic amide) rings is 1. The summed E-state index contributed by atoms with van der Waals surface area (Å²) in [7, 11) is 0. The molecule has 1 fully saturated rings. The normalized spacial score (nSPS) is 20.5. The zero-order chi connectivity index (χ0) is 20.9. The van der Waals surface area contributed by atoms with E-state index in [0.29, 0.717) is 12.0 Å². The molecule has 0 spiro atoms. The quantitative estimate of drug-likeness (QED) is 0.422. The van der Waals surface area contributed by atoms with Gasteiger partial charge >= 0.3 is 0 Å². The van der Waals surface area contributed by atoms with Crippen molar-refractivity contribution in [3.63, 3.8) is 0 Å². The molecule has 6 heteroatoms. The Balaban J connectivity index is 2.55. The second-order valence-corrected chi connectivity index (χ2v) is 8.59. The maximum absolute atomic E-state index is 13.6. The molecule has 0 radical (unpaired) electrons. The molecule has 1 saturated heterocycles. The van der Waals surface area contributed by atoms with Gasteiger partial charge < -0.3 is 10.6 Å². The van der Waals surface area contributed by atoms with Gasteiger partial charge in [0.05, 0.1) is 10.8 Å². The van der Waals surface area contributed by atoms with E-state index >= 15 is 0 Å². The second kappa shape index (κ2) is 9.29. The van der Waals surface area contributed by atoms with Crippen molar-refractivity contribution in [2.45, 2.75) is 76.6 Å². The summed E-state index contributed by atoms with van der Waals surface area (Å²) in [6, 6.07) is 5.87. The Hall–Kier alpha value is -1.56. The number of nitrogens with two attached hydrogens (primary N) is 1. The van der Waals surface area contributed by atoms with Crippen molar-refractivity contribution in [2.75, 3.05) is 6.26 Å². The number of amides is 2. The molecule has 1 aliphatic rings. The molecule has 28 heavy (non-hydrogen) atoms. The summed E-state index contributed by atoms with van der Waals surface area (Å²) in [4.78, 5) is 28.1. The maximum Gasteiger partial charge on any atom is 0.248 e. The number of likely N-dealkylation sites (tertiary alicyclic amines) is 1. The lowest BCUT2D eigenvalue weighted by atomic mass is 9.68. The lowest BCUT2D eigenvalue weighted by Crippen LogP contribution is -2.75. The summed E-state index contributed by atoms with van der Waals surface area (Å²) < 4.78 is 13.6. The van der Waals surface area contributed by atoms with Gasteiger partial charge in [0, 0.05) is 0 Å². The van der Waals surface area contributed by atoms with Crippen LogP contribution in [0.15, 0.2) is 24.3 Å². The van der Waals surface area contributed by atoms with E-state index in [4.69, 9.17) is 5.73 Å². The number of halogens is 1. The van der Waals surface area contributed by atoms with Crippen molar-refractivity contribution in [3.8, 4) is 0 Å². The van der Waals surface area contributed by atoms with Crippen LogP contribution in [0.4, 0.5) is 4.39 Å². The summed E-state index contributed by atoms with van der Waals surface area (Å²) in [5.41, 5.74) is 4.88. The van der Waals surface area contributed by atoms with E-state index in [2.05, 4.69) is 6.92 Å². The van der Waals surface area contributed by atoms with Gasteiger partial charge in [0.15, 0.2) is 0 Å². The highest BCUT2D eigenvalue weighted by Crippen LogP contribution is 2.55. The van der Waals surface area contributed by atoms with Gasteiger partial charge in [0.1, 0.15) is 11.4 Å². The van der Waals surface area contributed by atoms with Gasteiger partial charge in [0.25, 0.3) is 0 Å². The zero-order valence-corrected chi connectivity index (χ0v) is 18.3. The molecular weight excluding hydrogens is 375 g/mol. The number of primary amides is 1. The second-order valence-electron chi connectivity index (χ2n) is 7.67. The summed E-state index contributed by atoms with van der Waals surface area (Å²) >= 11 is 1.59. The molecule has 156 valence electrons. The number of hydrogen-bond donors (Lipinski definition) is 1. The fourth-order valence-corrected chi connectivity index (χ4v) is 5.93. The summed E-state index contributed by atoms with van der Waals surface area (Å²) in [5, 5.41) is -0.126. The molecule has 2 atom stereocenters. The molecular formula is C22H33FN2O2S. The fourth-order valence-electron chi connectivity index (χ4n) is 4.56. The summed E-state index contributed by atoms with van der Waals surface area (Å²) in [6.07, 6.45) is 7.75. The Kier molecular flexibility index (Phi) is 7.54. The van der Waals surface area contributed by atoms with Gasteiger partial charge in [-0.2, -0.15) is 0 Å². The number of rotatable bonds is 11. The first-order valence-electron chi connectivity index (χ1n) is 10.3. The molecule has 2 unspecified atom stereocenters. The number of carbonyl (C=O) groups is 2. The van der Waals surface area contributed by atoms with Crippen molar-refractivity contribution in [2.24, 2.45) is 11.1 Å². The first kappa shape index (κ1) is 22.7. The Morgan fingerprint density at radius 2 is 1.79 bits per heavy atom. The average molecular weight is 409 g/mol. The van der Waals surface area contributed by atoms with Crippen LogP contribution in [0.2, 0.25) is 0 Å². The lowest BCUT2D eigenvalue weighted by Gasteiger charge is -2.61. The van der Waals surface area contributed by atoms with Crippen LogP contribution in [0.1, 0.15) is 71.3 Å². The van der Waals surface area contributed by atoms with Crippen LogP contribution in [0.5, 0.6) is 0 Å². The predicted octanol–water partition coefficient (Wildman–Crippen LogP) is 4.81. The number of hydrogen-bond acceptors (Lipinski definition) is 3. The highest BCUT2D eigenvalue weighted by Gasteiger charge is 2.65. The Morgan fingerprint density at radius 1 is 1.18 bits per heavy atom. The predicted molar refractivity (Wildman–Crippen MR) is 113 cm³/mol. The molecule has 1 aliphatic heterocycles. The van der Waals surface area contributed by atoms with Crippen molar-refractivity contribution < 1.29 is 14.0 Å². The van der Waals surface area contributed by atoms with Crippen LogP contribution < -0.4 is 5.73 Å². The minimum Gasteiger partial charge on any atom is -0.367 e. The largest absolute Gasteiger partial charge is 0.367 e. The number of thioether (sulfide) groups is 1. The Labute approximate surface area is 172 Å². The highest BCUT2D eigenvalue weighted by molar-refractivity contribution is 7.99. The molecule has 4 nitrogen and oxygen atoms in total. The van der Waals surface area contributed by atoms with E-state index in [1.165, 1.54) is 12.1 Å². The summed E-state index contributed by atoms with van der Waals surface area (Å²) in [5.74, 6) is -0.930. The number of benzene rings is 1. The van der Waals surface area contributed by atoms with Crippen molar-refractivity contribution in [1.82, 2.24) is 4.90 Å². The fraction of sp³-hybridized carbons (Fsp3) is 0.636. The minimum atomic E-state index is -1.24. The molecule has 2 amide bonds. The average Bonchev–Trinajstić information content (AvgIpc) is 2.69. The van der Waals surface area contributed by atoms with Gasteiger partial charge in [-0.3, -0.25) is 9.59 Å². The molecule has 1 aromatic rings. The van der Waals surface area contributed by atoms with Gasteiger partial charge in [-0.05, 0) is 43.2 Å². The van der Waals surface area contributed by atoms with Gasteiger partial charge in [0.2, 0.25) is 11.8 Å². The van der Waals surface area contributed by atoms with Crippen LogP contribution >= 0.6 is 11.8 Å². The van der Waals surface area contributed by atoms with E-state index in [1.807, 2.05) is 20.1 Å². The molecule has 0 aliphatic carbocycles. The van der Waals surface area contributed by atoms with Crippen LogP contribution in [-0.4, -0.2) is 28.3 Å². The smallest absolute Gasteiger partial charge is 0.248 e. The topological polar surface area (TPSA) is 63.4 Å². The van der Waals surface area contributed by atoms with Crippen LogP contribution in [0.3, 0.4) is 0 Å². The maximum atomic E-state index is 13.6. The Bertz CT molecular complexity index is 690. The third-order valence-electron chi connectivity index (χ3n) is 6.37. The van der Waals surface area contributed by atoms with Crippen molar-refractivity contribution >= 4 is 23.6 Å². The summed E-state index contributed by atoms with van der Waals surface area (Å²) in [6.45, 7) is 6.17. The van der Waals surface area contributed by atoms with Gasteiger partial charge in [-0.1, -0.05) is 58.6 Å². The van der Waals surface area contributed by atoms with E-state index < -0.39 is 16.9 Å². The van der Waals surface area contributed by atoms with E-state index in [0.717, 1.165) is 38.5 Å². The SMILES string of the molecule is CCCCCCC(C(N)=O)(c1ccc(F)cc1)N1C(=O)C(CC)(CC)C1SC. The first-order valence-corrected chi connectivity index (χ1v) is 11.6. The van der Waals surface area contributed by atoms with Crippen LogP contribution in [-0.2, 0) is 15.1 Å². The minimum absolute atomic E-state index is 0.0181. The lowest BCUT2D eigenvalue weighted by molar-refractivity contribution is -0.183. The number of carbonyl (C=O) groups excluding carboxylic acids is 2. The number of nitrogens with zero attached hydrogens (tertiary/aromatic N) is 1. The third-order valence-corrected chi connectivity index (χ3v) is 7.48. The molecule has 2 N–H and O–H groups in total. The van der Waals surface area contributed by atoms with Gasteiger partial charge in [-0.15, -0.1) is 11.8 Å². The zero-order valence-electron chi connectivity index (χ0n) is 17.5. The molecule has 0 bridgehead atoms. The van der Waals surface area contributed by atoms with Crippen molar-refractivity contribution in [3.05, 3.63) is 35.6 Å². The number of unbranched alkanes of at least 4 members (excludes halogenated alkanes) is 3. The third kappa shape index (κ3) is 3.56. The van der Waals surface area contributed by atoms with Crippen LogP contribution in [0, 0.1) is 11.2 Å². The first-order chi connectivity index (χ1) is 13.3. The molecule has 1 aromatic carbocycles. The van der Waals surface area contributed by atoms with E-state index in [1.54, 1.807) is 28.8 Å².